The molecule has 16 heavy (non-hydrogen) atoms. The van der Waals surface area contributed by atoms with E-state index in [2.05, 4.69) is 33.2 Å². The van der Waals surface area contributed by atoms with Crippen LogP contribution >= 0.6 is 15.9 Å². The van der Waals surface area contributed by atoms with Gasteiger partial charge in [-0.3, -0.25) is 4.98 Å². The van der Waals surface area contributed by atoms with Gasteiger partial charge in [-0.25, -0.2) is 0 Å². The van der Waals surface area contributed by atoms with Crippen LogP contribution in [0.5, 0.6) is 0 Å². The number of rotatable bonds is 3. The van der Waals surface area contributed by atoms with E-state index >= 15 is 0 Å². The number of nitrogens with zero attached hydrogens (tertiary/aromatic N) is 1. The van der Waals surface area contributed by atoms with Crippen LogP contribution in [0.2, 0.25) is 0 Å². The van der Waals surface area contributed by atoms with Gasteiger partial charge in [-0.15, -0.1) is 0 Å². The van der Waals surface area contributed by atoms with Crippen molar-refractivity contribution in [1.82, 2.24) is 10.3 Å². The number of pyridine rings is 1. The molecule has 0 saturated carbocycles. The fourth-order valence-corrected chi connectivity index (χ4v) is 2.33. The highest BCUT2D eigenvalue weighted by Gasteiger charge is 2.21. The van der Waals surface area contributed by atoms with E-state index < -0.39 is 0 Å². The Bertz CT molecular complexity index is 346. The Hall–Kier alpha value is -0.450. The Labute approximate surface area is 105 Å². The van der Waals surface area contributed by atoms with Gasteiger partial charge in [0.05, 0.1) is 12.7 Å². The molecule has 2 heterocycles. The quantitative estimate of drug-likeness (QED) is 0.925. The normalized spacial score (nSPS) is 25.6. The van der Waals surface area contributed by atoms with Gasteiger partial charge in [0.1, 0.15) is 0 Å². The van der Waals surface area contributed by atoms with Gasteiger partial charge in [-0.2, -0.15) is 0 Å². The highest BCUT2D eigenvalue weighted by atomic mass is 79.9. The predicted molar refractivity (Wildman–Crippen MR) is 67.2 cm³/mol. The molecular formula is C12H17BrN2O. The van der Waals surface area contributed by atoms with E-state index in [0.29, 0.717) is 18.6 Å². The van der Waals surface area contributed by atoms with Crippen molar-refractivity contribution in [3.05, 3.63) is 28.5 Å². The van der Waals surface area contributed by atoms with Gasteiger partial charge < -0.3 is 10.1 Å². The van der Waals surface area contributed by atoms with Crippen LogP contribution in [-0.4, -0.2) is 24.2 Å². The van der Waals surface area contributed by atoms with Gasteiger partial charge >= 0.3 is 0 Å². The molecule has 1 fully saturated rings. The Kier molecular flexibility index (Phi) is 4.32. The molecule has 1 saturated heterocycles. The first kappa shape index (κ1) is 12.0. The Balaban J connectivity index is 1.86. The summed E-state index contributed by atoms with van der Waals surface area (Å²) in [5, 5.41) is 3.36. The lowest BCUT2D eigenvalue weighted by atomic mass is 9.97. The lowest BCUT2D eigenvalue weighted by Crippen LogP contribution is -2.40. The molecule has 0 bridgehead atoms. The standard InChI is InChI=1S/C12H17BrN2O/c1-9-2-3-14-7-12(9)16-8-10-4-11(13)6-15-5-10/h4-6,9,12,14H,2-3,7-8H2,1H3. The first-order valence-electron chi connectivity index (χ1n) is 5.67. The topological polar surface area (TPSA) is 34.1 Å². The monoisotopic (exact) mass is 284 g/mol. The zero-order valence-electron chi connectivity index (χ0n) is 9.45. The summed E-state index contributed by atoms with van der Waals surface area (Å²) in [5.74, 6) is 0.640. The number of piperidine rings is 1. The van der Waals surface area contributed by atoms with Crippen molar-refractivity contribution < 1.29 is 4.74 Å². The lowest BCUT2D eigenvalue weighted by molar-refractivity contribution is -0.00670. The Morgan fingerprint density at radius 1 is 1.56 bits per heavy atom. The molecule has 2 unspecified atom stereocenters. The molecule has 0 amide bonds. The zero-order chi connectivity index (χ0) is 11.4. The fraction of sp³-hybridized carbons (Fsp3) is 0.583. The fourth-order valence-electron chi connectivity index (χ4n) is 1.92. The van der Waals surface area contributed by atoms with E-state index in [-0.39, 0.29) is 0 Å². The summed E-state index contributed by atoms with van der Waals surface area (Å²) in [6, 6.07) is 2.05. The van der Waals surface area contributed by atoms with Crippen LogP contribution in [0.3, 0.4) is 0 Å². The van der Waals surface area contributed by atoms with E-state index in [1.54, 1.807) is 6.20 Å². The molecular weight excluding hydrogens is 268 g/mol. The van der Waals surface area contributed by atoms with Crippen LogP contribution in [0.25, 0.3) is 0 Å². The van der Waals surface area contributed by atoms with Crippen molar-refractivity contribution in [1.29, 1.82) is 0 Å². The Morgan fingerprint density at radius 3 is 3.19 bits per heavy atom. The summed E-state index contributed by atoms with van der Waals surface area (Å²) in [6.07, 6.45) is 5.16. The number of halogens is 1. The molecule has 0 radical (unpaired) electrons. The first-order valence-corrected chi connectivity index (χ1v) is 6.47. The maximum Gasteiger partial charge on any atom is 0.0736 e. The van der Waals surface area contributed by atoms with E-state index in [0.717, 1.165) is 23.1 Å². The Morgan fingerprint density at radius 2 is 2.44 bits per heavy atom. The molecule has 88 valence electrons. The van der Waals surface area contributed by atoms with Crippen molar-refractivity contribution in [3.8, 4) is 0 Å². The molecule has 0 spiro atoms. The van der Waals surface area contributed by atoms with E-state index in [1.165, 1.54) is 6.42 Å². The molecule has 0 aromatic carbocycles. The van der Waals surface area contributed by atoms with Crippen LogP contribution < -0.4 is 5.32 Å². The van der Waals surface area contributed by atoms with Crippen LogP contribution in [0.1, 0.15) is 18.9 Å². The smallest absolute Gasteiger partial charge is 0.0736 e. The lowest BCUT2D eigenvalue weighted by Gasteiger charge is -2.29. The third kappa shape index (κ3) is 3.27. The molecule has 1 N–H and O–H groups in total. The second kappa shape index (κ2) is 5.75. The molecule has 1 aromatic rings. The minimum atomic E-state index is 0.327. The molecule has 4 heteroatoms. The van der Waals surface area contributed by atoms with Crippen molar-refractivity contribution >= 4 is 15.9 Å². The van der Waals surface area contributed by atoms with Gasteiger partial charge in [0.15, 0.2) is 0 Å². The number of hydrogen-bond acceptors (Lipinski definition) is 3. The van der Waals surface area contributed by atoms with Gasteiger partial charge in [-0.1, -0.05) is 6.92 Å². The average Bonchev–Trinajstić information content (AvgIpc) is 2.28. The SMILES string of the molecule is CC1CCNCC1OCc1cncc(Br)c1. The summed E-state index contributed by atoms with van der Waals surface area (Å²) in [7, 11) is 0. The zero-order valence-corrected chi connectivity index (χ0v) is 11.0. The molecule has 0 aliphatic carbocycles. The number of hydrogen-bond donors (Lipinski definition) is 1. The summed E-state index contributed by atoms with van der Waals surface area (Å²) in [5.41, 5.74) is 1.12. The summed E-state index contributed by atoms with van der Waals surface area (Å²) in [6.45, 7) is 4.97. The largest absolute Gasteiger partial charge is 0.372 e. The van der Waals surface area contributed by atoms with Crippen molar-refractivity contribution in [2.45, 2.75) is 26.1 Å². The van der Waals surface area contributed by atoms with Gasteiger partial charge in [-0.05, 0) is 46.4 Å². The van der Waals surface area contributed by atoms with Crippen LogP contribution in [-0.2, 0) is 11.3 Å². The second-order valence-corrected chi connectivity index (χ2v) is 5.25. The predicted octanol–water partition coefficient (Wildman–Crippen LogP) is 2.36. The van der Waals surface area contributed by atoms with Crippen molar-refractivity contribution in [3.63, 3.8) is 0 Å². The minimum Gasteiger partial charge on any atom is -0.372 e. The maximum atomic E-state index is 5.91. The molecule has 1 aliphatic rings. The molecule has 2 atom stereocenters. The van der Waals surface area contributed by atoms with E-state index in [4.69, 9.17) is 4.74 Å². The molecule has 1 aromatic heterocycles. The van der Waals surface area contributed by atoms with Crippen LogP contribution in [0.15, 0.2) is 22.9 Å². The van der Waals surface area contributed by atoms with Gasteiger partial charge in [0.25, 0.3) is 0 Å². The first-order chi connectivity index (χ1) is 7.75. The second-order valence-electron chi connectivity index (χ2n) is 4.33. The number of nitrogens with one attached hydrogen (secondary N) is 1. The molecule has 2 rings (SSSR count). The highest BCUT2D eigenvalue weighted by molar-refractivity contribution is 9.10. The van der Waals surface area contributed by atoms with Gasteiger partial charge in [0, 0.05) is 23.4 Å². The van der Waals surface area contributed by atoms with Gasteiger partial charge in [0.2, 0.25) is 0 Å². The van der Waals surface area contributed by atoms with Crippen LogP contribution in [0, 0.1) is 5.92 Å². The van der Waals surface area contributed by atoms with E-state index in [9.17, 15) is 0 Å². The van der Waals surface area contributed by atoms with Crippen molar-refractivity contribution in [2.24, 2.45) is 5.92 Å². The molecule has 1 aliphatic heterocycles. The third-order valence-electron chi connectivity index (χ3n) is 2.98. The number of ether oxygens (including phenoxy) is 1. The molecule has 3 nitrogen and oxygen atoms in total. The summed E-state index contributed by atoms with van der Waals surface area (Å²) >= 11 is 3.41. The minimum absolute atomic E-state index is 0.327. The summed E-state index contributed by atoms with van der Waals surface area (Å²) in [4.78, 5) is 4.12. The van der Waals surface area contributed by atoms with E-state index in [1.807, 2.05) is 12.3 Å². The maximum absolute atomic E-state index is 5.91. The average molecular weight is 285 g/mol. The van der Waals surface area contributed by atoms with Crippen LogP contribution in [0.4, 0.5) is 0 Å². The van der Waals surface area contributed by atoms with Crippen molar-refractivity contribution in [2.75, 3.05) is 13.1 Å². The third-order valence-corrected chi connectivity index (χ3v) is 3.42. The highest BCUT2D eigenvalue weighted by Crippen LogP contribution is 2.17. The summed E-state index contributed by atoms with van der Waals surface area (Å²) < 4.78 is 6.92. The number of aromatic nitrogens is 1.